The molecule has 0 radical (unpaired) electrons. The summed E-state index contributed by atoms with van der Waals surface area (Å²) in [4.78, 5) is 14.0. The van der Waals surface area contributed by atoms with Gasteiger partial charge in [0.25, 0.3) is 0 Å². The maximum absolute atomic E-state index is 13.3. The molecule has 5 rings (SSSR count). The standard InChI is InChI=1S/C28H30N2O4S/c1-3-22(4-2)30-35(32)24-11-8-19(9-12-24)20-6-5-7-23(16-20)29-27(31)28(14-15-28)21-10-13-25-26(17-21)34-18-33-25/h5-13,16-17,22,30H,3-4,14-15,18H2,1-2H3,(H,29,31). The summed E-state index contributed by atoms with van der Waals surface area (Å²) in [7, 11) is -1.24. The number of anilines is 1. The Morgan fingerprint density at radius 3 is 2.40 bits per heavy atom. The summed E-state index contributed by atoms with van der Waals surface area (Å²) < 4.78 is 26.7. The molecule has 1 saturated carbocycles. The van der Waals surface area contributed by atoms with Crippen LogP contribution in [0.1, 0.15) is 45.1 Å². The number of rotatable bonds is 9. The summed E-state index contributed by atoms with van der Waals surface area (Å²) >= 11 is 0. The third-order valence-electron chi connectivity index (χ3n) is 6.89. The molecule has 6 nitrogen and oxygen atoms in total. The second kappa shape index (κ2) is 9.84. The van der Waals surface area contributed by atoms with Gasteiger partial charge in [0.1, 0.15) is 11.0 Å². The highest BCUT2D eigenvalue weighted by atomic mass is 32.2. The van der Waals surface area contributed by atoms with Crippen molar-refractivity contribution in [1.29, 1.82) is 0 Å². The van der Waals surface area contributed by atoms with Gasteiger partial charge in [-0.3, -0.25) is 4.79 Å². The highest BCUT2D eigenvalue weighted by Gasteiger charge is 2.51. The van der Waals surface area contributed by atoms with Crippen LogP contribution in [0, 0.1) is 0 Å². The molecule has 1 atom stereocenters. The number of carbonyl (C=O) groups is 1. The highest BCUT2D eigenvalue weighted by Crippen LogP contribution is 2.51. The van der Waals surface area contributed by atoms with Gasteiger partial charge in [-0.2, -0.15) is 0 Å². The van der Waals surface area contributed by atoms with Gasteiger partial charge in [0.15, 0.2) is 11.5 Å². The number of fused-ring (bicyclic) bond motifs is 1. The zero-order valence-corrected chi connectivity index (χ0v) is 20.8. The molecule has 1 unspecified atom stereocenters. The summed E-state index contributed by atoms with van der Waals surface area (Å²) in [5.41, 5.74) is 3.18. The maximum atomic E-state index is 13.3. The second-order valence-corrected chi connectivity index (χ2v) is 10.4. The molecule has 182 valence electrons. The monoisotopic (exact) mass is 490 g/mol. The van der Waals surface area contributed by atoms with E-state index in [-0.39, 0.29) is 18.7 Å². The summed E-state index contributed by atoms with van der Waals surface area (Å²) in [5.74, 6) is 1.41. The van der Waals surface area contributed by atoms with Crippen molar-refractivity contribution in [3.63, 3.8) is 0 Å². The number of amides is 1. The third kappa shape index (κ3) is 4.83. The van der Waals surface area contributed by atoms with Crippen molar-refractivity contribution in [1.82, 2.24) is 4.72 Å². The quantitative estimate of drug-likeness (QED) is 0.412. The number of ether oxygens (including phenoxy) is 2. The molecule has 0 spiro atoms. The van der Waals surface area contributed by atoms with E-state index in [0.717, 1.165) is 58.7 Å². The van der Waals surface area contributed by atoms with Crippen LogP contribution in [-0.4, -0.2) is 23.0 Å². The maximum Gasteiger partial charge on any atom is 0.235 e. The molecular weight excluding hydrogens is 460 g/mol. The first-order chi connectivity index (χ1) is 17.0. The minimum atomic E-state index is -1.24. The first-order valence-corrected chi connectivity index (χ1v) is 13.3. The fraction of sp³-hybridized carbons (Fsp3) is 0.321. The molecule has 1 fully saturated rings. The molecule has 1 aliphatic carbocycles. The van der Waals surface area contributed by atoms with E-state index >= 15 is 0 Å². The Hall–Kier alpha value is -3.16. The molecule has 1 amide bonds. The lowest BCUT2D eigenvalue weighted by Crippen LogP contribution is -2.29. The van der Waals surface area contributed by atoms with Gasteiger partial charge >= 0.3 is 0 Å². The van der Waals surface area contributed by atoms with Crippen LogP contribution in [0.5, 0.6) is 11.5 Å². The normalized spacial score (nSPS) is 16.2. The average molecular weight is 491 g/mol. The SMILES string of the molecule is CCC(CC)NS(=O)c1ccc(-c2cccc(NC(=O)C3(c4ccc5c(c4)OCO5)CC3)c2)cc1. The molecule has 3 aromatic rings. The van der Waals surface area contributed by atoms with Crippen LogP contribution in [0.3, 0.4) is 0 Å². The number of benzene rings is 3. The molecule has 7 heteroatoms. The minimum Gasteiger partial charge on any atom is -0.454 e. The van der Waals surface area contributed by atoms with Gasteiger partial charge in [0.05, 0.1) is 10.3 Å². The highest BCUT2D eigenvalue weighted by molar-refractivity contribution is 7.83. The molecular formula is C28H30N2O4S. The van der Waals surface area contributed by atoms with E-state index in [4.69, 9.17) is 9.47 Å². The van der Waals surface area contributed by atoms with E-state index < -0.39 is 16.4 Å². The van der Waals surface area contributed by atoms with Crippen LogP contribution < -0.4 is 19.5 Å². The number of hydrogen-bond acceptors (Lipinski definition) is 4. The minimum absolute atomic E-state index is 0.00765. The van der Waals surface area contributed by atoms with Gasteiger partial charge in [-0.1, -0.05) is 44.2 Å². The van der Waals surface area contributed by atoms with Crippen LogP contribution in [-0.2, 0) is 21.2 Å². The van der Waals surface area contributed by atoms with Crippen LogP contribution in [0.2, 0.25) is 0 Å². The van der Waals surface area contributed by atoms with E-state index in [1.807, 2.05) is 66.7 Å². The summed E-state index contributed by atoms with van der Waals surface area (Å²) in [6, 6.07) is 21.6. The largest absolute Gasteiger partial charge is 0.454 e. The zero-order valence-electron chi connectivity index (χ0n) is 20.0. The molecule has 35 heavy (non-hydrogen) atoms. The molecule has 2 N–H and O–H groups in total. The van der Waals surface area contributed by atoms with Gasteiger partial charge < -0.3 is 14.8 Å². The van der Waals surface area contributed by atoms with Crippen LogP contribution in [0.4, 0.5) is 5.69 Å². The van der Waals surface area contributed by atoms with E-state index in [0.29, 0.717) is 5.75 Å². The van der Waals surface area contributed by atoms with Crippen molar-refractivity contribution >= 4 is 22.6 Å². The first kappa shape index (κ1) is 23.6. The number of nitrogens with one attached hydrogen (secondary N) is 2. The Kier molecular flexibility index (Phi) is 6.62. The van der Waals surface area contributed by atoms with E-state index in [2.05, 4.69) is 23.9 Å². The summed E-state index contributed by atoms with van der Waals surface area (Å²) in [6.07, 6.45) is 3.49. The van der Waals surface area contributed by atoms with Gasteiger partial charge in [0, 0.05) is 11.7 Å². The summed E-state index contributed by atoms with van der Waals surface area (Å²) in [6.45, 7) is 4.40. The molecule has 3 aromatic carbocycles. The average Bonchev–Trinajstić information content (AvgIpc) is 3.58. The third-order valence-corrected chi connectivity index (χ3v) is 8.14. The van der Waals surface area contributed by atoms with Crippen LogP contribution >= 0.6 is 0 Å². The van der Waals surface area contributed by atoms with Crippen molar-refractivity contribution in [2.45, 2.75) is 55.9 Å². The fourth-order valence-corrected chi connectivity index (χ4v) is 5.59. The van der Waals surface area contributed by atoms with Crippen LogP contribution in [0.15, 0.2) is 71.6 Å². The molecule has 0 aromatic heterocycles. The zero-order chi connectivity index (χ0) is 24.4. The van der Waals surface area contributed by atoms with Gasteiger partial charge in [-0.15, -0.1) is 0 Å². The van der Waals surface area contributed by atoms with Crippen molar-refractivity contribution in [2.75, 3.05) is 12.1 Å². The Labute approximate surface area is 208 Å². The Balaban J connectivity index is 1.29. The Morgan fingerprint density at radius 1 is 0.943 bits per heavy atom. The molecule has 1 aliphatic heterocycles. The predicted octanol–water partition coefficient (Wildman–Crippen LogP) is 5.55. The number of hydrogen-bond donors (Lipinski definition) is 2. The lowest BCUT2D eigenvalue weighted by atomic mass is 9.94. The topological polar surface area (TPSA) is 76.7 Å². The van der Waals surface area contributed by atoms with E-state index in [9.17, 15) is 9.00 Å². The smallest absolute Gasteiger partial charge is 0.235 e. The predicted molar refractivity (Wildman–Crippen MR) is 138 cm³/mol. The second-order valence-electron chi connectivity index (χ2n) is 9.11. The first-order valence-electron chi connectivity index (χ1n) is 12.1. The fourth-order valence-electron chi connectivity index (χ4n) is 4.44. The van der Waals surface area contributed by atoms with Gasteiger partial charge in [-0.25, -0.2) is 8.93 Å². The van der Waals surface area contributed by atoms with E-state index in [1.165, 1.54) is 0 Å². The molecule has 0 bridgehead atoms. The van der Waals surface area contributed by atoms with Crippen molar-refractivity contribution in [3.8, 4) is 22.6 Å². The van der Waals surface area contributed by atoms with Gasteiger partial charge in [0.2, 0.25) is 12.7 Å². The van der Waals surface area contributed by atoms with E-state index in [1.54, 1.807) is 0 Å². The van der Waals surface area contributed by atoms with Crippen molar-refractivity contribution in [3.05, 3.63) is 72.3 Å². The van der Waals surface area contributed by atoms with Crippen molar-refractivity contribution in [2.24, 2.45) is 0 Å². The molecule has 1 heterocycles. The Bertz CT molecular complexity index is 1250. The van der Waals surface area contributed by atoms with Crippen LogP contribution in [0.25, 0.3) is 11.1 Å². The Morgan fingerprint density at radius 2 is 1.69 bits per heavy atom. The molecule has 0 saturated heterocycles. The lowest BCUT2D eigenvalue weighted by molar-refractivity contribution is -0.118. The lowest BCUT2D eigenvalue weighted by Gasteiger charge is -2.17. The molecule has 2 aliphatic rings. The summed E-state index contributed by atoms with van der Waals surface area (Å²) in [5, 5.41) is 3.12. The van der Waals surface area contributed by atoms with Crippen molar-refractivity contribution < 1.29 is 18.5 Å². The number of carbonyl (C=O) groups excluding carboxylic acids is 1. The van der Waals surface area contributed by atoms with Gasteiger partial charge in [-0.05, 0) is 78.8 Å².